The zero-order valence-corrected chi connectivity index (χ0v) is 18.0. The number of ether oxygens (including phenoxy) is 1. The van der Waals surface area contributed by atoms with Crippen molar-refractivity contribution in [2.24, 2.45) is 0 Å². The van der Waals surface area contributed by atoms with Crippen LogP contribution in [0, 0.1) is 0 Å². The number of hydrogen-bond acceptors (Lipinski definition) is 4. The lowest BCUT2D eigenvalue weighted by molar-refractivity contribution is 0.0630. The Balaban J connectivity index is 0.000000934. The van der Waals surface area contributed by atoms with Crippen molar-refractivity contribution in [3.8, 4) is 17.1 Å². The average Bonchev–Trinajstić information content (AvgIpc) is 3.16. The summed E-state index contributed by atoms with van der Waals surface area (Å²) in [6.45, 7) is 0. The van der Waals surface area contributed by atoms with E-state index in [1.54, 1.807) is 6.20 Å². The number of aromatic nitrogens is 3. The Labute approximate surface area is 183 Å². The third kappa shape index (κ3) is 4.23. The molecule has 4 heterocycles. The fourth-order valence-electron chi connectivity index (χ4n) is 4.37. The molecule has 0 radical (unpaired) electrons. The second-order valence-corrected chi connectivity index (χ2v) is 7.28. The van der Waals surface area contributed by atoms with Gasteiger partial charge in [0.15, 0.2) is 0 Å². The molecule has 2 saturated heterocycles. The summed E-state index contributed by atoms with van der Waals surface area (Å²) in [7, 11) is 2.24. The SMILES string of the molecule is CN1C2CCC1CC(Oc1cnc(-c3ccc4[nH]ccc4c3)cn1)C2.Cl.Cl.Cl. The summed E-state index contributed by atoms with van der Waals surface area (Å²) in [5.74, 6) is 0.639. The molecule has 2 atom stereocenters. The maximum atomic E-state index is 6.13. The first kappa shape index (κ1) is 22.8. The molecule has 0 amide bonds. The molecule has 2 fully saturated rings. The maximum absolute atomic E-state index is 6.13. The van der Waals surface area contributed by atoms with Crippen molar-refractivity contribution < 1.29 is 4.74 Å². The van der Waals surface area contributed by atoms with Crippen LogP contribution in [0.4, 0.5) is 0 Å². The van der Waals surface area contributed by atoms with E-state index in [1.807, 2.05) is 12.4 Å². The summed E-state index contributed by atoms with van der Waals surface area (Å²) < 4.78 is 6.13. The molecule has 1 aromatic carbocycles. The van der Waals surface area contributed by atoms with Crippen molar-refractivity contribution in [3.05, 3.63) is 42.9 Å². The van der Waals surface area contributed by atoms with Crippen molar-refractivity contribution in [2.75, 3.05) is 7.05 Å². The maximum Gasteiger partial charge on any atom is 0.232 e. The van der Waals surface area contributed by atoms with Crippen molar-refractivity contribution >= 4 is 48.1 Å². The van der Waals surface area contributed by atoms with Crippen LogP contribution in [0.1, 0.15) is 25.7 Å². The van der Waals surface area contributed by atoms with Gasteiger partial charge in [-0.1, -0.05) is 6.07 Å². The molecule has 0 saturated carbocycles. The highest BCUT2D eigenvalue weighted by molar-refractivity contribution is 5.86. The minimum Gasteiger partial charge on any atom is -0.473 e. The van der Waals surface area contributed by atoms with Crippen LogP contribution in [0.25, 0.3) is 22.2 Å². The van der Waals surface area contributed by atoms with Gasteiger partial charge >= 0.3 is 0 Å². The highest BCUT2D eigenvalue weighted by atomic mass is 35.5. The van der Waals surface area contributed by atoms with E-state index in [2.05, 4.69) is 51.2 Å². The fourth-order valence-corrected chi connectivity index (χ4v) is 4.37. The van der Waals surface area contributed by atoms with Crippen LogP contribution in [0.2, 0.25) is 0 Å². The van der Waals surface area contributed by atoms with E-state index in [9.17, 15) is 0 Å². The molecule has 2 bridgehead atoms. The van der Waals surface area contributed by atoms with Gasteiger partial charge in [0.2, 0.25) is 5.88 Å². The van der Waals surface area contributed by atoms with Crippen molar-refractivity contribution in [3.63, 3.8) is 0 Å². The molecule has 28 heavy (non-hydrogen) atoms. The predicted octanol–water partition coefficient (Wildman–Crippen LogP) is 4.89. The molecule has 2 aromatic heterocycles. The van der Waals surface area contributed by atoms with Crippen LogP contribution in [0.3, 0.4) is 0 Å². The minimum atomic E-state index is 0. The number of nitrogens with one attached hydrogen (secondary N) is 1. The van der Waals surface area contributed by atoms with Gasteiger partial charge in [-0.3, -0.25) is 0 Å². The van der Waals surface area contributed by atoms with Gasteiger partial charge in [-0.25, -0.2) is 9.97 Å². The molecule has 3 aromatic rings. The number of nitrogens with zero attached hydrogens (tertiary/aromatic N) is 3. The van der Waals surface area contributed by atoms with E-state index in [1.165, 1.54) is 18.2 Å². The minimum absolute atomic E-state index is 0. The summed E-state index contributed by atoms with van der Waals surface area (Å²) in [6, 6.07) is 9.68. The highest BCUT2D eigenvalue weighted by Crippen LogP contribution is 2.35. The molecule has 0 aliphatic carbocycles. The molecule has 152 valence electrons. The van der Waals surface area contributed by atoms with Crippen LogP contribution in [0.5, 0.6) is 5.88 Å². The molecular weight excluding hydrogens is 419 g/mol. The van der Waals surface area contributed by atoms with Gasteiger partial charge in [-0.15, -0.1) is 37.2 Å². The second-order valence-electron chi connectivity index (χ2n) is 7.28. The summed E-state index contributed by atoms with van der Waals surface area (Å²) >= 11 is 0. The fraction of sp³-hybridized carbons (Fsp3) is 0.400. The van der Waals surface area contributed by atoms with Crippen LogP contribution in [-0.4, -0.2) is 45.1 Å². The van der Waals surface area contributed by atoms with E-state index in [0.29, 0.717) is 18.0 Å². The highest BCUT2D eigenvalue weighted by Gasteiger charge is 2.39. The Kier molecular flexibility index (Phi) is 7.57. The number of benzene rings is 1. The monoisotopic (exact) mass is 442 g/mol. The standard InChI is InChI=1S/C20H22N4O.3ClH/c1-24-15-3-4-16(24)10-17(9-15)25-20-12-22-19(11-23-20)13-2-5-18-14(8-13)6-7-21-18;;;/h2,5-8,11-12,15-17,21H,3-4,9-10H2,1H3;3*1H. The van der Waals surface area contributed by atoms with Crippen LogP contribution in [-0.2, 0) is 0 Å². The predicted molar refractivity (Wildman–Crippen MR) is 119 cm³/mol. The van der Waals surface area contributed by atoms with Crippen molar-refractivity contribution in [2.45, 2.75) is 43.9 Å². The van der Waals surface area contributed by atoms with Gasteiger partial charge in [0.25, 0.3) is 0 Å². The quantitative estimate of drug-likeness (QED) is 0.626. The smallest absolute Gasteiger partial charge is 0.232 e. The van der Waals surface area contributed by atoms with Crippen molar-refractivity contribution in [1.82, 2.24) is 19.9 Å². The van der Waals surface area contributed by atoms with Crippen LogP contribution in [0.15, 0.2) is 42.9 Å². The number of rotatable bonds is 3. The molecule has 2 aliphatic rings. The number of halogens is 3. The normalized spacial score (nSPS) is 23.4. The number of aromatic amines is 1. The Bertz CT molecular complexity index is 888. The van der Waals surface area contributed by atoms with Gasteiger partial charge in [0, 0.05) is 34.7 Å². The topological polar surface area (TPSA) is 54.0 Å². The molecule has 8 heteroatoms. The molecule has 5 rings (SSSR count). The van der Waals surface area contributed by atoms with E-state index >= 15 is 0 Å². The van der Waals surface area contributed by atoms with Crippen LogP contribution >= 0.6 is 37.2 Å². The lowest BCUT2D eigenvalue weighted by atomic mass is 10.0. The first-order valence-electron chi connectivity index (χ1n) is 9.04. The largest absolute Gasteiger partial charge is 0.473 e. The molecule has 0 spiro atoms. The van der Waals surface area contributed by atoms with Crippen LogP contribution < -0.4 is 4.74 Å². The molecule has 5 nitrogen and oxygen atoms in total. The molecular formula is C20H25Cl3N4O. The first-order valence-corrected chi connectivity index (χ1v) is 9.04. The summed E-state index contributed by atoms with van der Waals surface area (Å²) in [5.41, 5.74) is 3.08. The second kappa shape index (κ2) is 9.31. The van der Waals surface area contributed by atoms with Gasteiger partial charge < -0.3 is 14.6 Å². The van der Waals surface area contributed by atoms with E-state index in [4.69, 9.17) is 4.74 Å². The summed E-state index contributed by atoms with van der Waals surface area (Å²) in [4.78, 5) is 14.8. The van der Waals surface area contributed by atoms with Crippen molar-refractivity contribution in [1.29, 1.82) is 0 Å². The Morgan fingerprint density at radius 3 is 2.43 bits per heavy atom. The van der Waals surface area contributed by atoms with Gasteiger partial charge in [-0.05, 0) is 50.9 Å². The summed E-state index contributed by atoms with van der Waals surface area (Å²) in [6.07, 6.45) is 10.6. The number of piperidine rings is 1. The number of fused-ring (bicyclic) bond motifs is 3. The van der Waals surface area contributed by atoms with Gasteiger partial charge in [0.05, 0.1) is 18.1 Å². The van der Waals surface area contributed by atoms with E-state index in [0.717, 1.165) is 29.6 Å². The van der Waals surface area contributed by atoms with E-state index < -0.39 is 0 Å². The number of hydrogen-bond donors (Lipinski definition) is 1. The third-order valence-electron chi connectivity index (χ3n) is 5.82. The zero-order chi connectivity index (χ0) is 16.8. The Hall–Kier alpha value is -1.53. The molecule has 1 N–H and O–H groups in total. The Morgan fingerprint density at radius 2 is 1.75 bits per heavy atom. The molecule has 2 unspecified atom stereocenters. The lowest BCUT2D eigenvalue weighted by Crippen LogP contribution is -2.43. The van der Waals surface area contributed by atoms with E-state index in [-0.39, 0.29) is 43.3 Å². The summed E-state index contributed by atoms with van der Waals surface area (Å²) in [5, 5.41) is 1.18. The third-order valence-corrected chi connectivity index (χ3v) is 5.82. The Morgan fingerprint density at radius 1 is 1.00 bits per heavy atom. The average molecular weight is 444 g/mol. The molecule has 2 aliphatic heterocycles. The first-order chi connectivity index (χ1) is 12.3. The number of H-pyrrole nitrogens is 1. The van der Waals surface area contributed by atoms with Gasteiger partial charge in [-0.2, -0.15) is 0 Å². The zero-order valence-electron chi connectivity index (χ0n) is 15.6. The van der Waals surface area contributed by atoms with Gasteiger partial charge in [0.1, 0.15) is 6.10 Å². The lowest BCUT2D eigenvalue weighted by Gasteiger charge is -2.35.